The number of carbonyl (C=O) groups excluding carboxylic acids is 1. The van der Waals surface area contributed by atoms with Crippen LogP contribution < -0.4 is 11.5 Å². The fourth-order valence-electron chi connectivity index (χ4n) is 2.47. The molecule has 0 radical (unpaired) electrons. The summed E-state index contributed by atoms with van der Waals surface area (Å²) in [5, 5.41) is 0. The summed E-state index contributed by atoms with van der Waals surface area (Å²) in [6.45, 7) is 3.08. The first-order valence-electron chi connectivity index (χ1n) is 6.61. The van der Waals surface area contributed by atoms with Crippen molar-refractivity contribution in [2.75, 3.05) is 19.6 Å². The number of hydrogen-bond acceptors (Lipinski definition) is 3. The minimum Gasteiger partial charge on any atom is -0.366 e. The van der Waals surface area contributed by atoms with Gasteiger partial charge in [0.2, 0.25) is 5.91 Å². The van der Waals surface area contributed by atoms with Crippen molar-refractivity contribution in [3.05, 3.63) is 35.1 Å². The molecule has 1 saturated heterocycles. The first-order valence-corrected chi connectivity index (χ1v) is 6.61. The van der Waals surface area contributed by atoms with Crippen LogP contribution in [0.1, 0.15) is 28.8 Å². The van der Waals surface area contributed by atoms with E-state index in [4.69, 9.17) is 11.5 Å². The van der Waals surface area contributed by atoms with E-state index in [0.29, 0.717) is 23.6 Å². The Morgan fingerprint density at radius 3 is 2.63 bits per heavy atom. The molecule has 19 heavy (non-hydrogen) atoms. The van der Waals surface area contributed by atoms with Crippen LogP contribution in [0.5, 0.6) is 0 Å². The highest BCUT2D eigenvalue weighted by Crippen LogP contribution is 2.19. The van der Waals surface area contributed by atoms with Gasteiger partial charge in [-0.25, -0.2) is 4.39 Å². The minimum absolute atomic E-state index is 0.286. The first-order chi connectivity index (χ1) is 9.10. The molecule has 0 unspecified atom stereocenters. The summed E-state index contributed by atoms with van der Waals surface area (Å²) in [5.41, 5.74) is 11.7. The van der Waals surface area contributed by atoms with Crippen molar-refractivity contribution in [1.29, 1.82) is 0 Å². The molecule has 0 spiro atoms. The fraction of sp³-hybridized carbons (Fsp3) is 0.500. The molecule has 4 N–H and O–H groups in total. The van der Waals surface area contributed by atoms with Crippen molar-refractivity contribution >= 4 is 5.91 Å². The predicted octanol–water partition coefficient (Wildman–Crippen LogP) is 1.10. The molecule has 1 aromatic rings. The van der Waals surface area contributed by atoms with Crippen LogP contribution in [0, 0.1) is 11.7 Å². The Labute approximate surface area is 112 Å². The molecular weight excluding hydrogens is 245 g/mol. The Hall–Kier alpha value is -1.46. The van der Waals surface area contributed by atoms with E-state index in [1.807, 2.05) is 0 Å². The van der Waals surface area contributed by atoms with Crippen molar-refractivity contribution in [1.82, 2.24) is 4.90 Å². The van der Waals surface area contributed by atoms with Gasteiger partial charge in [-0.05, 0) is 56.6 Å². The number of amides is 1. The second kappa shape index (κ2) is 6.12. The van der Waals surface area contributed by atoms with E-state index in [9.17, 15) is 9.18 Å². The van der Waals surface area contributed by atoms with Gasteiger partial charge in [-0.3, -0.25) is 9.69 Å². The number of halogens is 1. The average Bonchev–Trinajstić information content (AvgIpc) is 2.42. The van der Waals surface area contributed by atoms with E-state index in [2.05, 4.69) is 4.90 Å². The molecule has 1 aliphatic heterocycles. The number of rotatable bonds is 4. The van der Waals surface area contributed by atoms with Crippen LogP contribution in [0.15, 0.2) is 18.2 Å². The van der Waals surface area contributed by atoms with Gasteiger partial charge in [0.05, 0.1) is 0 Å². The molecule has 1 aromatic carbocycles. The topological polar surface area (TPSA) is 72.3 Å². The van der Waals surface area contributed by atoms with Crippen LogP contribution in [0.3, 0.4) is 0 Å². The van der Waals surface area contributed by atoms with E-state index >= 15 is 0 Å². The molecule has 0 atom stereocenters. The van der Waals surface area contributed by atoms with Crippen molar-refractivity contribution < 1.29 is 9.18 Å². The Balaban J connectivity index is 2.03. The van der Waals surface area contributed by atoms with Gasteiger partial charge in [0.25, 0.3) is 0 Å². The Morgan fingerprint density at radius 2 is 2.05 bits per heavy atom. The number of nitrogens with zero attached hydrogens (tertiary/aromatic N) is 1. The summed E-state index contributed by atoms with van der Waals surface area (Å²) in [6.07, 6.45) is 2.10. The zero-order valence-corrected chi connectivity index (χ0v) is 10.9. The lowest BCUT2D eigenvalue weighted by atomic mass is 9.96. The summed E-state index contributed by atoms with van der Waals surface area (Å²) in [7, 11) is 0. The normalized spacial score (nSPS) is 17.6. The number of likely N-dealkylation sites (tertiary alicyclic amines) is 1. The lowest BCUT2D eigenvalue weighted by molar-refractivity contribution is 0.1000. The van der Waals surface area contributed by atoms with Crippen LogP contribution in [-0.2, 0) is 6.54 Å². The van der Waals surface area contributed by atoms with Crippen LogP contribution in [0.4, 0.5) is 4.39 Å². The van der Waals surface area contributed by atoms with Gasteiger partial charge in [0.15, 0.2) is 0 Å². The molecule has 0 bridgehead atoms. The van der Waals surface area contributed by atoms with Crippen LogP contribution in [-0.4, -0.2) is 30.4 Å². The Bertz CT molecular complexity index is 456. The van der Waals surface area contributed by atoms with Gasteiger partial charge in [-0.15, -0.1) is 0 Å². The van der Waals surface area contributed by atoms with E-state index in [1.165, 1.54) is 12.1 Å². The third kappa shape index (κ3) is 3.52. The molecule has 104 valence electrons. The lowest BCUT2D eigenvalue weighted by Gasteiger charge is -2.31. The maximum Gasteiger partial charge on any atom is 0.248 e. The molecule has 0 aromatic heterocycles. The number of hydrogen-bond donors (Lipinski definition) is 2. The molecule has 1 fully saturated rings. The van der Waals surface area contributed by atoms with Crippen molar-refractivity contribution in [3.8, 4) is 0 Å². The number of benzene rings is 1. The summed E-state index contributed by atoms with van der Waals surface area (Å²) >= 11 is 0. The summed E-state index contributed by atoms with van der Waals surface area (Å²) < 4.78 is 13.7. The number of carbonyl (C=O) groups is 1. The van der Waals surface area contributed by atoms with Gasteiger partial charge in [0.1, 0.15) is 5.82 Å². The van der Waals surface area contributed by atoms with Crippen molar-refractivity contribution in [2.45, 2.75) is 19.4 Å². The van der Waals surface area contributed by atoms with Gasteiger partial charge in [-0.1, -0.05) is 0 Å². The molecule has 4 nitrogen and oxygen atoms in total. The summed E-state index contributed by atoms with van der Waals surface area (Å²) in [5.74, 6) is -0.230. The average molecular weight is 265 g/mol. The Morgan fingerprint density at radius 1 is 1.37 bits per heavy atom. The van der Waals surface area contributed by atoms with Gasteiger partial charge in [0, 0.05) is 17.7 Å². The third-order valence-electron chi connectivity index (χ3n) is 3.76. The van der Waals surface area contributed by atoms with Crippen LogP contribution in [0.25, 0.3) is 0 Å². The largest absolute Gasteiger partial charge is 0.366 e. The second-order valence-electron chi connectivity index (χ2n) is 5.13. The monoisotopic (exact) mass is 265 g/mol. The summed E-state index contributed by atoms with van der Waals surface area (Å²) in [4.78, 5) is 13.3. The Kier molecular flexibility index (Phi) is 4.50. The zero-order chi connectivity index (χ0) is 13.8. The maximum absolute atomic E-state index is 13.7. The maximum atomic E-state index is 13.7. The number of primary amides is 1. The minimum atomic E-state index is -0.525. The SMILES string of the molecule is NCC1CCN(Cc2cc(C(N)=O)ccc2F)CC1. The van der Waals surface area contributed by atoms with Crippen molar-refractivity contribution in [2.24, 2.45) is 17.4 Å². The highest BCUT2D eigenvalue weighted by molar-refractivity contribution is 5.92. The van der Waals surface area contributed by atoms with Crippen LogP contribution in [0.2, 0.25) is 0 Å². The lowest BCUT2D eigenvalue weighted by Crippen LogP contribution is -2.35. The quantitative estimate of drug-likeness (QED) is 0.856. The van der Waals surface area contributed by atoms with E-state index in [-0.39, 0.29) is 5.82 Å². The van der Waals surface area contributed by atoms with Gasteiger partial charge < -0.3 is 11.5 Å². The highest BCUT2D eigenvalue weighted by atomic mass is 19.1. The number of piperidine rings is 1. The van der Waals surface area contributed by atoms with Crippen LogP contribution >= 0.6 is 0 Å². The molecule has 1 heterocycles. The molecule has 1 amide bonds. The zero-order valence-electron chi connectivity index (χ0n) is 10.9. The number of nitrogens with two attached hydrogens (primary N) is 2. The molecule has 1 aliphatic rings. The van der Waals surface area contributed by atoms with Crippen molar-refractivity contribution in [3.63, 3.8) is 0 Å². The highest BCUT2D eigenvalue weighted by Gasteiger charge is 2.19. The van der Waals surface area contributed by atoms with E-state index in [0.717, 1.165) is 32.5 Å². The standard InChI is InChI=1S/C14H20FN3O/c15-13-2-1-11(14(17)19)7-12(13)9-18-5-3-10(8-16)4-6-18/h1-2,7,10H,3-6,8-9,16H2,(H2,17,19). The fourth-order valence-corrected chi connectivity index (χ4v) is 2.47. The molecule has 0 aliphatic carbocycles. The molecular formula is C14H20FN3O. The molecule has 5 heteroatoms. The van der Waals surface area contributed by atoms with Gasteiger partial charge >= 0.3 is 0 Å². The predicted molar refractivity (Wildman–Crippen MR) is 72.0 cm³/mol. The molecule has 2 rings (SSSR count). The van der Waals surface area contributed by atoms with E-state index in [1.54, 1.807) is 6.07 Å². The first kappa shape index (κ1) is 14.0. The smallest absolute Gasteiger partial charge is 0.248 e. The molecule has 0 saturated carbocycles. The second-order valence-corrected chi connectivity index (χ2v) is 5.13. The van der Waals surface area contributed by atoms with Gasteiger partial charge in [-0.2, -0.15) is 0 Å². The summed E-state index contributed by atoms with van der Waals surface area (Å²) in [6, 6.07) is 4.27. The van der Waals surface area contributed by atoms with E-state index < -0.39 is 5.91 Å². The third-order valence-corrected chi connectivity index (χ3v) is 3.76.